The number of hydrogen-bond donors (Lipinski definition) is 2. The first-order valence-corrected chi connectivity index (χ1v) is 10.8. The number of nitriles is 1. The predicted octanol–water partition coefficient (Wildman–Crippen LogP) is 4.25. The van der Waals surface area contributed by atoms with Gasteiger partial charge in [-0.3, -0.25) is 4.79 Å². The standard InChI is InChI=1S/C18H17N5OS3/c1-12(16(24)21-14-5-2-4-13(10-14)11-19)26-18-23-22-17(27-18)20-8-7-15-6-3-9-25-15/h2-6,9-10,12H,7-8H2,1H3,(H,20,22)(H,21,24). The second kappa shape index (κ2) is 9.50. The van der Waals surface area contributed by atoms with Crippen LogP contribution in [-0.2, 0) is 11.2 Å². The van der Waals surface area contributed by atoms with Gasteiger partial charge in [0.1, 0.15) is 0 Å². The van der Waals surface area contributed by atoms with Gasteiger partial charge in [0.25, 0.3) is 0 Å². The highest BCUT2D eigenvalue weighted by molar-refractivity contribution is 8.02. The maximum absolute atomic E-state index is 12.4. The van der Waals surface area contributed by atoms with Crippen molar-refractivity contribution in [3.63, 3.8) is 0 Å². The average molecular weight is 416 g/mol. The van der Waals surface area contributed by atoms with Crippen LogP contribution in [0.3, 0.4) is 0 Å². The summed E-state index contributed by atoms with van der Waals surface area (Å²) in [5.74, 6) is -0.141. The highest BCUT2D eigenvalue weighted by Gasteiger charge is 2.17. The number of nitrogens with zero attached hydrogens (tertiary/aromatic N) is 3. The largest absolute Gasteiger partial charge is 0.360 e. The first kappa shape index (κ1) is 19.4. The molecule has 0 saturated carbocycles. The Morgan fingerprint density at radius 2 is 2.22 bits per heavy atom. The van der Waals surface area contributed by atoms with Crippen LogP contribution in [0, 0.1) is 11.3 Å². The third-order valence-corrected chi connectivity index (χ3v) is 6.54. The Labute approximate surface area is 169 Å². The van der Waals surface area contributed by atoms with E-state index in [1.165, 1.54) is 28.0 Å². The highest BCUT2D eigenvalue weighted by Crippen LogP contribution is 2.29. The molecule has 1 atom stereocenters. The molecule has 3 aromatic rings. The van der Waals surface area contributed by atoms with Gasteiger partial charge in [-0.2, -0.15) is 5.26 Å². The minimum absolute atomic E-state index is 0.141. The van der Waals surface area contributed by atoms with Crippen LogP contribution in [0.4, 0.5) is 10.8 Å². The zero-order valence-electron chi connectivity index (χ0n) is 14.5. The molecule has 0 radical (unpaired) electrons. The molecule has 138 valence electrons. The molecule has 27 heavy (non-hydrogen) atoms. The van der Waals surface area contributed by atoms with Crippen LogP contribution in [0.1, 0.15) is 17.4 Å². The molecular weight excluding hydrogens is 398 g/mol. The summed E-state index contributed by atoms with van der Waals surface area (Å²) in [6, 6.07) is 13.1. The minimum Gasteiger partial charge on any atom is -0.360 e. The van der Waals surface area contributed by atoms with Gasteiger partial charge in [0, 0.05) is 17.1 Å². The fraction of sp³-hybridized carbons (Fsp3) is 0.222. The Bertz CT molecular complexity index is 933. The van der Waals surface area contributed by atoms with Crippen LogP contribution < -0.4 is 10.6 Å². The summed E-state index contributed by atoms with van der Waals surface area (Å²) < 4.78 is 0.738. The van der Waals surface area contributed by atoms with Gasteiger partial charge in [0.2, 0.25) is 11.0 Å². The fourth-order valence-corrected chi connectivity index (χ4v) is 4.82. The quantitative estimate of drug-likeness (QED) is 0.535. The number of aromatic nitrogens is 2. The Morgan fingerprint density at radius 3 is 3.00 bits per heavy atom. The van der Waals surface area contributed by atoms with Crippen molar-refractivity contribution in [1.82, 2.24) is 10.2 Å². The number of thioether (sulfide) groups is 1. The van der Waals surface area contributed by atoms with Crippen LogP contribution in [0.5, 0.6) is 0 Å². The van der Waals surface area contributed by atoms with Gasteiger partial charge in [0.05, 0.1) is 16.9 Å². The minimum atomic E-state index is -0.331. The summed E-state index contributed by atoms with van der Waals surface area (Å²) in [7, 11) is 0. The van der Waals surface area contributed by atoms with Crippen LogP contribution >= 0.6 is 34.4 Å². The Kier molecular flexibility index (Phi) is 6.81. The number of rotatable bonds is 8. The first-order valence-electron chi connectivity index (χ1n) is 8.21. The molecule has 2 N–H and O–H groups in total. The number of benzene rings is 1. The number of thiophene rings is 1. The van der Waals surface area contributed by atoms with Crippen molar-refractivity contribution in [2.75, 3.05) is 17.2 Å². The smallest absolute Gasteiger partial charge is 0.237 e. The highest BCUT2D eigenvalue weighted by atomic mass is 32.2. The molecule has 2 aromatic heterocycles. The number of hydrogen-bond acceptors (Lipinski definition) is 8. The molecule has 0 spiro atoms. The fourth-order valence-electron chi connectivity index (χ4n) is 2.19. The number of carbonyl (C=O) groups is 1. The second-order valence-corrected chi connectivity index (χ2v) is 9.17. The van der Waals surface area contributed by atoms with E-state index in [0.29, 0.717) is 11.3 Å². The van der Waals surface area contributed by atoms with Gasteiger partial charge in [0.15, 0.2) is 4.34 Å². The van der Waals surface area contributed by atoms with Gasteiger partial charge in [-0.1, -0.05) is 35.2 Å². The summed E-state index contributed by atoms with van der Waals surface area (Å²) in [6.45, 7) is 2.62. The van der Waals surface area contributed by atoms with E-state index >= 15 is 0 Å². The van der Waals surface area contributed by atoms with Gasteiger partial charge < -0.3 is 10.6 Å². The van der Waals surface area contributed by atoms with Crippen LogP contribution in [0.25, 0.3) is 0 Å². The molecular formula is C18H17N5OS3. The predicted molar refractivity (Wildman–Crippen MR) is 112 cm³/mol. The lowest BCUT2D eigenvalue weighted by Gasteiger charge is -2.10. The monoisotopic (exact) mass is 415 g/mol. The molecule has 0 aliphatic heterocycles. The maximum atomic E-state index is 12.4. The summed E-state index contributed by atoms with van der Waals surface area (Å²) in [6.07, 6.45) is 0.945. The van der Waals surface area contributed by atoms with E-state index < -0.39 is 0 Å². The molecule has 2 heterocycles. The zero-order valence-corrected chi connectivity index (χ0v) is 17.0. The number of carbonyl (C=O) groups excluding carboxylic acids is 1. The molecule has 0 aliphatic rings. The van der Waals surface area contributed by atoms with E-state index in [-0.39, 0.29) is 11.2 Å². The van der Waals surface area contributed by atoms with Crippen molar-refractivity contribution in [1.29, 1.82) is 5.26 Å². The lowest BCUT2D eigenvalue weighted by molar-refractivity contribution is -0.115. The van der Waals surface area contributed by atoms with Gasteiger partial charge in [-0.15, -0.1) is 21.5 Å². The number of amides is 1. The Morgan fingerprint density at radius 1 is 1.33 bits per heavy atom. The maximum Gasteiger partial charge on any atom is 0.237 e. The third-order valence-electron chi connectivity index (χ3n) is 3.54. The Hall–Kier alpha value is -2.41. The van der Waals surface area contributed by atoms with E-state index in [9.17, 15) is 4.79 Å². The molecule has 1 aromatic carbocycles. The van der Waals surface area contributed by atoms with Crippen molar-refractivity contribution in [3.8, 4) is 6.07 Å². The molecule has 1 unspecified atom stereocenters. The zero-order chi connectivity index (χ0) is 19.1. The van der Waals surface area contributed by atoms with E-state index in [1.54, 1.807) is 35.6 Å². The van der Waals surface area contributed by atoms with Crippen LogP contribution in [-0.4, -0.2) is 27.9 Å². The van der Waals surface area contributed by atoms with Crippen molar-refractivity contribution >= 4 is 51.2 Å². The summed E-state index contributed by atoms with van der Waals surface area (Å²) in [5.41, 5.74) is 1.12. The SMILES string of the molecule is CC(Sc1nnc(NCCc2cccs2)s1)C(=O)Nc1cccc(C#N)c1. The van der Waals surface area contributed by atoms with E-state index in [2.05, 4.69) is 38.3 Å². The van der Waals surface area contributed by atoms with Crippen molar-refractivity contribution in [2.24, 2.45) is 0 Å². The number of anilines is 2. The lowest BCUT2D eigenvalue weighted by Crippen LogP contribution is -2.22. The van der Waals surface area contributed by atoms with E-state index in [0.717, 1.165) is 22.4 Å². The summed E-state index contributed by atoms with van der Waals surface area (Å²) >= 11 is 4.54. The molecule has 6 nitrogen and oxygen atoms in total. The summed E-state index contributed by atoms with van der Waals surface area (Å²) in [5, 5.41) is 25.8. The van der Waals surface area contributed by atoms with Crippen LogP contribution in [0.15, 0.2) is 46.1 Å². The molecule has 1 amide bonds. The molecule has 0 fully saturated rings. The molecule has 9 heteroatoms. The molecule has 0 aliphatic carbocycles. The van der Waals surface area contributed by atoms with E-state index in [4.69, 9.17) is 5.26 Å². The second-order valence-electron chi connectivity index (χ2n) is 5.57. The van der Waals surface area contributed by atoms with Crippen molar-refractivity contribution in [3.05, 3.63) is 52.2 Å². The third kappa shape index (κ3) is 5.79. The van der Waals surface area contributed by atoms with Gasteiger partial charge in [-0.25, -0.2) is 0 Å². The molecule has 3 rings (SSSR count). The van der Waals surface area contributed by atoms with Crippen LogP contribution in [0.2, 0.25) is 0 Å². The molecule has 0 bridgehead atoms. The van der Waals surface area contributed by atoms with Gasteiger partial charge >= 0.3 is 0 Å². The van der Waals surface area contributed by atoms with Crippen molar-refractivity contribution < 1.29 is 4.79 Å². The first-order chi connectivity index (χ1) is 13.1. The number of nitrogens with one attached hydrogen (secondary N) is 2. The Balaban J connectivity index is 1.48. The van der Waals surface area contributed by atoms with Crippen molar-refractivity contribution in [2.45, 2.75) is 22.9 Å². The topological polar surface area (TPSA) is 90.7 Å². The van der Waals surface area contributed by atoms with Gasteiger partial charge in [-0.05, 0) is 43.0 Å². The normalized spacial score (nSPS) is 11.6. The lowest BCUT2D eigenvalue weighted by atomic mass is 10.2. The molecule has 0 saturated heterocycles. The average Bonchev–Trinajstić information content (AvgIpc) is 3.34. The summed E-state index contributed by atoms with van der Waals surface area (Å²) in [4.78, 5) is 13.7. The van der Waals surface area contributed by atoms with E-state index in [1.807, 2.05) is 13.0 Å².